The normalized spacial score (nSPS) is 10.0. The maximum atomic E-state index is 10.9. The van der Waals surface area contributed by atoms with Crippen molar-refractivity contribution in [2.45, 2.75) is 0 Å². The fourth-order valence-corrected chi connectivity index (χ4v) is 1.32. The Morgan fingerprint density at radius 2 is 2.28 bits per heavy atom. The van der Waals surface area contributed by atoms with Gasteiger partial charge in [-0.15, -0.1) is 0 Å². The highest BCUT2D eigenvalue weighted by Crippen LogP contribution is 2.29. The van der Waals surface area contributed by atoms with Gasteiger partial charge in [0.2, 0.25) is 0 Å². The number of nitro benzene ring substituents is 1. The van der Waals surface area contributed by atoms with Gasteiger partial charge in [-0.05, 0) is 12.1 Å². The van der Waals surface area contributed by atoms with Crippen LogP contribution in [-0.2, 0) is 4.79 Å². The summed E-state index contributed by atoms with van der Waals surface area (Å²) in [6.07, 6.45) is 1.80. The van der Waals surface area contributed by atoms with Crippen molar-refractivity contribution in [2.75, 3.05) is 7.11 Å². The monoisotopic (exact) mass is 248 g/mol. The van der Waals surface area contributed by atoms with E-state index in [0.29, 0.717) is 0 Å². The molecule has 0 aliphatic carbocycles. The molecule has 0 aliphatic rings. The Kier molecular flexibility index (Phi) is 3.99. The number of carboxylic acids is 1. The summed E-state index contributed by atoms with van der Waals surface area (Å²) in [6, 6.07) is 4.19. The second-order valence-corrected chi connectivity index (χ2v) is 3.15. The van der Waals surface area contributed by atoms with Crippen LogP contribution in [0.5, 0.6) is 5.75 Å². The molecule has 18 heavy (non-hydrogen) atoms. The molecule has 0 saturated carbocycles. The number of hydrogen-bond acceptors (Lipinski definition) is 5. The highest BCUT2D eigenvalue weighted by molar-refractivity contribution is 5.87. The van der Waals surface area contributed by atoms with Crippen LogP contribution in [0.4, 0.5) is 5.69 Å². The standard InChI is InChI=1S/C11H8N2O5/c1-18-9-4-7(2-3-10(14)15)11(13(16)17)8(5-9)6-12/h2-5H,1H3,(H,14,15)/b3-2+. The molecular weight excluding hydrogens is 240 g/mol. The Bertz CT molecular complexity index is 572. The number of nitro groups is 1. The maximum Gasteiger partial charge on any atom is 0.328 e. The van der Waals surface area contributed by atoms with E-state index in [2.05, 4.69) is 0 Å². The zero-order valence-electron chi connectivity index (χ0n) is 9.28. The minimum atomic E-state index is -1.24. The van der Waals surface area contributed by atoms with Gasteiger partial charge in [0.15, 0.2) is 0 Å². The molecule has 1 N–H and O–H groups in total. The minimum absolute atomic E-state index is 0.00157. The molecule has 0 atom stereocenters. The highest BCUT2D eigenvalue weighted by Gasteiger charge is 2.20. The maximum absolute atomic E-state index is 10.9. The fourth-order valence-electron chi connectivity index (χ4n) is 1.32. The van der Waals surface area contributed by atoms with Crippen molar-refractivity contribution < 1.29 is 19.6 Å². The summed E-state index contributed by atoms with van der Waals surface area (Å²) in [5, 5.41) is 28.2. The van der Waals surface area contributed by atoms with Crippen LogP contribution in [0.3, 0.4) is 0 Å². The molecule has 1 rings (SSSR count). The first-order chi connectivity index (χ1) is 8.49. The summed E-state index contributed by atoms with van der Waals surface area (Å²) in [5.74, 6) is -1.01. The Morgan fingerprint density at radius 1 is 1.61 bits per heavy atom. The van der Waals surface area contributed by atoms with E-state index in [1.807, 2.05) is 0 Å². The van der Waals surface area contributed by atoms with Gasteiger partial charge in [0.1, 0.15) is 17.4 Å². The third-order valence-electron chi connectivity index (χ3n) is 2.06. The first-order valence-corrected chi connectivity index (χ1v) is 4.67. The van der Waals surface area contributed by atoms with E-state index in [9.17, 15) is 14.9 Å². The Hall–Kier alpha value is -2.88. The van der Waals surface area contributed by atoms with Crippen LogP contribution in [0, 0.1) is 21.4 Å². The van der Waals surface area contributed by atoms with Crippen molar-refractivity contribution >= 4 is 17.7 Å². The van der Waals surface area contributed by atoms with Gasteiger partial charge in [0, 0.05) is 12.1 Å². The zero-order chi connectivity index (χ0) is 13.7. The van der Waals surface area contributed by atoms with Gasteiger partial charge >= 0.3 is 5.97 Å². The zero-order valence-corrected chi connectivity index (χ0v) is 9.28. The average Bonchev–Trinajstić information content (AvgIpc) is 2.34. The number of hydrogen-bond donors (Lipinski definition) is 1. The number of ether oxygens (including phenoxy) is 1. The van der Waals surface area contributed by atoms with Gasteiger partial charge in [-0.2, -0.15) is 5.26 Å². The van der Waals surface area contributed by atoms with Gasteiger partial charge in [-0.25, -0.2) is 4.79 Å². The van der Waals surface area contributed by atoms with Gasteiger partial charge in [0.25, 0.3) is 5.69 Å². The molecular formula is C11H8N2O5. The molecule has 0 amide bonds. The van der Waals surface area contributed by atoms with Crippen molar-refractivity contribution in [1.82, 2.24) is 0 Å². The first kappa shape index (κ1) is 13.2. The van der Waals surface area contributed by atoms with E-state index in [1.54, 1.807) is 6.07 Å². The Labute approximate surface area is 102 Å². The lowest BCUT2D eigenvalue weighted by Crippen LogP contribution is -1.98. The second-order valence-electron chi connectivity index (χ2n) is 3.15. The van der Waals surface area contributed by atoms with E-state index in [-0.39, 0.29) is 16.9 Å². The summed E-state index contributed by atoms with van der Waals surface area (Å²) in [4.78, 5) is 20.6. The smallest absolute Gasteiger partial charge is 0.328 e. The molecule has 0 aliphatic heterocycles. The number of carbonyl (C=O) groups is 1. The molecule has 7 nitrogen and oxygen atoms in total. The summed E-state index contributed by atoms with van der Waals surface area (Å²) in [7, 11) is 1.34. The summed E-state index contributed by atoms with van der Waals surface area (Å²) in [6.45, 7) is 0. The predicted octanol–water partition coefficient (Wildman–Crippen LogP) is 1.57. The minimum Gasteiger partial charge on any atom is -0.497 e. The molecule has 0 radical (unpaired) electrons. The third kappa shape index (κ3) is 2.82. The number of benzene rings is 1. The summed E-state index contributed by atoms with van der Waals surface area (Å²) < 4.78 is 4.88. The molecule has 0 heterocycles. The van der Waals surface area contributed by atoms with E-state index in [1.165, 1.54) is 19.2 Å². The average molecular weight is 248 g/mol. The number of aliphatic carboxylic acids is 1. The van der Waals surface area contributed by atoms with Gasteiger partial charge in [0.05, 0.1) is 17.6 Å². The van der Waals surface area contributed by atoms with Crippen LogP contribution in [0.25, 0.3) is 6.08 Å². The molecule has 1 aromatic rings. The number of carboxylic acid groups (broad SMARTS) is 1. The molecule has 92 valence electrons. The molecule has 1 aromatic carbocycles. The second kappa shape index (κ2) is 5.45. The van der Waals surface area contributed by atoms with E-state index < -0.39 is 16.6 Å². The molecule has 0 saturated heterocycles. The Balaban J connectivity index is 3.50. The van der Waals surface area contributed by atoms with Crippen molar-refractivity contribution in [3.05, 3.63) is 39.4 Å². The van der Waals surface area contributed by atoms with Crippen LogP contribution in [0.1, 0.15) is 11.1 Å². The number of nitrogens with zero attached hydrogens (tertiary/aromatic N) is 2. The van der Waals surface area contributed by atoms with Crippen molar-refractivity contribution in [2.24, 2.45) is 0 Å². The molecule has 7 heteroatoms. The van der Waals surface area contributed by atoms with Crippen molar-refractivity contribution in [3.8, 4) is 11.8 Å². The lowest BCUT2D eigenvalue weighted by molar-refractivity contribution is -0.385. The van der Waals surface area contributed by atoms with Gasteiger partial charge < -0.3 is 9.84 Å². The van der Waals surface area contributed by atoms with E-state index >= 15 is 0 Å². The van der Waals surface area contributed by atoms with Crippen molar-refractivity contribution in [3.63, 3.8) is 0 Å². The topological polar surface area (TPSA) is 113 Å². The Morgan fingerprint density at radius 3 is 2.72 bits per heavy atom. The van der Waals surface area contributed by atoms with Crippen LogP contribution in [0.2, 0.25) is 0 Å². The third-order valence-corrected chi connectivity index (χ3v) is 2.06. The van der Waals surface area contributed by atoms with Crippen LogP contribution >= 0.6 is 0 Å². The summed E-state index contributed by atoms with van der Waals surface area (Å²) >= 11 is 0. The van der Waals surface area contributed by atoms with Crippen molar-refractivity contribution in [1.29, 1.82) is 5.26 Å². The van der Waals surface area contributed by atoms with Crippen LogP contribution in [0.15, 0.2) is 18.2 Å². The van der Waals surface area contributed by atoms with Gasteiger partial charge in [-0.3, -0.25) is 10.1 Å². The number of rotatable bonds is 4. The van der Waals surface area contributed by atoms with E-state index in [0.717, 1.165) is 12.2 Å². The van der Waals surface area contributed by atoms with Crippen LogP contribution in [-0.4, -0.2) is 23.1 Å². The highest BCUT2D eigenvalue weighted by atomic mass is 16.6. The van der Waals surface area contributed by atoms with Crippen LogP contribution < -0.4 is 4.74 Å². The lowest BCUT2D eigenvalue weighted by atomic mass is 10.1. The summed E-state index contributed by atoms with van der Waals surface area (Å²) in [5.41, 5.74) is -0.640. The number of nitriles is 1. The first-order valence-electron chi connectivity index (χ1n) is 4.67. The molecule has 0 spiro atoms. The largest absolute Gasteiger partial charge is 0.497 e. The quantitative estimate of drug-likeness (QED) is 0.491. The SMILES string of the molecule is COc1cc(C#N)c([N+](=O)[O-])c(/C=C/C(=O)O)c1. The molecule has 0 aromatic heterocycles. The van der Waals surface area contributed by atoms with Gasteiger partial charge in [-0.1, -0.05) is 0 Å². The van der Waals surface area contributed by atoms with E-state index in [4.69, 9.17) is 15.1 Å². The number of methoxy groups -OCH3 is 1. The molecule has 0 bridgehead atoms. The lowest BCUT2D eigenvalue weighted by Gasteiger charge is -2.04. The molecule has 0 unspecified atom stereocenters. The predicted molar refractivity (Wildman–Crippen MR) is 61.0 cm³/mol. The fraction of sp³-hybridized carbons (Fsp3) is 0.0909. The molecule has 0 fully saturated rings.